The first-order valence-corrected chi connectivity index (χ1v) is 9.20. The van der Waals surface area contributed by atoms with E-state index in [4.69, 9.17) is 0 Å². The fourth-order valence-corrected chi connectivity index (χ4v) is 3.95. The van der Waals surface area contributed by atoms with Crippen LogP contribution < -0.4 is 0 Å². The predicted octanol–water partition coefficient (Wildman–Crippen LogP) is 4.88. The average Bonchev–Trinajstić information content (AvgIpc) is 3.03. The summed E-state index contributed by atoms with van der Waals surface area (Å²) >= 11 is 3.36. The lowest BCUT2D eigenvalue weighted by Crippen LogP contribution is -2.39. The lowest BCUT2D eigenvalue weighted by molar-refractivity contribution is -0.138. The SMILES string of the molecule is CC1c2cccc(C(F)(F)F)c2CCN1C(=O)c1cc2ccc(Br)cn2n1. The molecule has 2 aromatic heterocycles. The largest absolute Gasteiger partial charge is 0.416 e. The maximum atomic E-state index is 13.3. The standard InChI is InChI=1S/C19H15BrF3N3O/c1-11-14-3-2-4-16(19(21,22)23)15(14)7-8-25(11)18(27)17-9-13-6-5-12(20)10-26(13)24-17/h2-6,9-11H,7-8H2,1H3. The fourth-order valence-electron chi connectivity index (χ4n) is 3.63. The number of pyridine rings is 1. The molecule has 1 aliphatic heterocycles. The van der Waals surface area contributed by atoms with Crippen LogP contribution >= 0.6 is 15.9 Å². The van der Waals surface area contributed by atoms with Gasteiger partial charge in [0.05, 0.1) is 17.1 Å². The highest BCUT2D eigenvalue weighted by molar-refractivity contribution is 9.10. The number of hydrogen-bond donors (Lipinski definition) is 0. The van der Waals surface area contributed by atoms with Gasteiger partial charge in [0.2, 0.25) is 0 Å². The number of amides is 1. The molecule has 3 heterocycles. The van der Waals surface area contributed by atoms with E-state index in [1.54, 1.807) is 34.7 Å². The summed E-state index contributed by atoms with van der Waals surface area (Å²) in [4.78, 5) is 14.6. The van der Waals surface area contributed by atoms with Crippen molar-refractivity contribution in [1.29, 1.82) is 0 Å². The molecule has 1 aliphatic rings. The molecular formula is C19H15BrF3N3O. The van der Waals surface area contributed by atoms with Crippen molar-refractivity contribution in [3.05, 3.63) is 69.5 Å². The van der Waals surface area contributed by atoms with Gasteiger partial charge in [-0.2, -0.15) is 18.3 Å². The summed E-state index contributed by atoms with van der Waals surface area (Å²) in [5, 5.41) is 4.31. The van der Waals surface area contributed by atoms with Gasteiger partial charge in [-0.05, 0) is 64.7 Å². The average molecular weight is 438 g/mol. The molecule has 8 heteroatoms. The Morgan fingerprint density at radius 2 is 2.04 bits per heavy atom. The second kappa shape index (κ2) is 6.37. The Morgan fingerprint density at radius 1 is 1.26 bits per heavy atom. The molecule has 4 rings (SSSR count). The van der Waals surface area contributed by atoms with Crippen molar-refractivity contribution >= 4 is 27.4 Å². The molecule has 4 nitrogen and oxygen atoms in total. The molecule has 0 N–H and O–H groups in total. The summed E-state index contributed by atoms with van der Waals surface area (Å²) in [7, 11) is 0. The first kappa shape index (κ1) is 18.0. The van der Waals surface area contributed by atoms with E-state index in [1.807, 2.05) is 12.1 Å². The fraction of sp³-hybridized carbons (Fsp3) is 0.263. The Morgan fingerprint density at radius 3 is 2.78 bits per heavy atom. The van der Waals surface area contributed by atoms with Gasteiger partial charge in [0.15, 0.2) is 5.69 Å². The monoisotopic (exact) mass is 437 g/mol. The van der Waals surface area contributed by atoms with E-state index in [-0.39, 0.29) is 30.1 Å². The number of aromatic nitrogens is 2. The smallest absolute Gasteiger partial charge is 0.330 e. The molecule has 0 bridgehead atoms. The number of nitrogens with zero attached hydrogens (tertiary/aromatic N) is 3. The van der Waals surface area contributed by atoms with Crippen LogP contribution in [0.25, 0.3) is 5.52 Å². The zero-order chi connectivity index (χ0) is 19.3. The van der Waals surface area contributed by atoms with Crippen LogP contribution in [0.4, 0.5) is 13.2 Å². The molecule has 0 saturated carbocycles. The molecule has 0 saturated heterocycles. The van der Waals surface area contributed by atoms with Gasteiger partial charge in [-0.3, -0.25) is 4.79 Å². The van der Waals surface area contributed by atoms with Crippen molar-refractivity contribution in [3.8, 4) is 0 Å². The number of alkyl halides is 3. The van der Waals surface area contributed by atoms with Crippen LogP contribution in [-0.2, 0) is 12.6 Å². The number of carbonyl (C=O) groups excluding carboxylic acids is 1. The molecule has 3 aromatic rings. The molecular weight excluding hydrogens is 423 g/mol. The predicted molar refractivity (Wildman–Crippen MR) is 97.5 cm³/mol. The minimum atomic E-state index is -4.40. The van der Waals surface area contributed by atoms with Crippen molar-refractivity contribution in [2.24, 2.45) is 0 Å². The van der Waals surface area contributed by atoms with Crippen molar-refractivity contribution in [1.82, 2.24) is 14.5 Å². The molecule has 0 spiro atoms. The van der Waals surface area contributed by atoms with Gasteiger partial charge in [0.25, 0.3) is 5.91 Å². The van der Waals surface area contributed by atoms with Crippen molar-refractivity contribution < 1.29 is 18.0 Å². The second-order valence-electron chi connectivity index (χ2n) is 6.54. The third-order valence-corrected chi connectivity index (χ3v) is 5.41. The number of benzene rings is 1. The van der Waals surface area contributed by atoms with Gasteiger partial charge in [0, 0.05) is 17.2 Å². The summed E-state index contributed by atoms with van der Waals surface area (Å²) in [6.07, 6.45) is -2.48. The van der Waals surface area contributed by atoms with E-state index in [0.717, 1.165) is 16.1 Å². The van der Waals surface area contributed by atoms with Crippen LogP contribution in [-0.4, -0.2) is 27.0 Å². The third-order valence-electron chi connectivity index (χ3n) is 4.94. The van der Waals surface area contributed by atoms with Crippen molar-refractivity contribution in [2.45, 2.75) is 25.6 Å². The molecule has 1 amide bonds. The van der Waals surface area contributed by atoms with Gasteiger partial charge in [-0.15, -0.1) is 0 Å². The Balaban J connectivity index is 1.68. The zero-order valence-corrected chi connectivity index (χ0v) is 15.9. The maximum Gasteiger partial charge on any atom is 0.416 e. The quantitative estimate of drug-likeness (QED) is 0.544. The van der Waals surface area contributed by atoms with E-state index in [9.17, 15) is 18.0 Å². The highest BCUT2D eigenvalue weighted by Gasteiger charge is 2.38. The molecule has 1 unspecified atom stereocenters. The summed E-state index contributed by atoms with van der Waals surface area (Å²) in [5.74, 6) is -0.287. The van der Waals surface area contributed by atoms with Gasteiger partial charge in [-0.25, -0.2) is 4.52 Å². The molecule has 1 aromatic carbocycles. The Bertz CT molecular complexity index is 1040. The summed E-state index contributed by atoms with van der Waals surface area (Å²) in [6.45, 7) is 1.97. The van der Waals surface area contributed by atoms with Gasteiger partial charge >= 0.3 is 6.18 Å². The number of halogens is 4. The van der Waals surface area contributed by atoms with E-state index >= 15 is 0 Å². The Hall–Kier alpha value is -2.35. The van der Waals surface area contributed by atoms with Gasteiger partial charge in [0.1, 0.15) is 0 Å². The minimum absolute atomic E-state index is 0.167. The number of fused-ring (bicyclic) bond motifs is 2. The third kappa shape index (κ3) is 3.12. The molecule has 27 heavy (non-hydrogen) atoms. The molecule has 0 aliphatic carbocycles. The number of rotatable bonds is 1. The zero-order valence-electron chi connectivity index (χ0n) is 14.3. The minimum Gasteiger partial charge on any atom is -0.330 e. The highest BCUT2D eigenvalue weighted by atomic mass is 79.9. The normalized spacial score (nSPS) is 17.2. The van der Waals surface area contributed by atoms with E-state index in [2.05, 4.69) is 21.0 Å². The number of carbonyl (C=O) groups is 1. The summed E-state index contributed by atoms with van der Waals surface area (Å²) in [6, 6.07) is 9.07. The lowest BCUT2D eigenvalue weighted by atomic mass is 9.89. The lowest BCUT2D eigenvalue weighted by Gasteiger charge is -2.36. The molecule has 140 valence electrons. The molecule has 1 atom stereocenters. The molecule has 0 fully saturated rings. The summed E-state index contributed by atoms with van der Waals surface area (Å²) < 4.78 is 42.3. The van der Waals surface area contributed by atoms with Crippen LogP contribution in [0.3, 0.4) is 0 Å². The van der Waals surface area contributed by atoms with Gasteiger partial charge < -0.3 is 4.90 Å². The first-order chi connectivity index (χ1) is 12.8. The van der Waals surface area contributed by atoms with Crippen LogP contribution in [0.5, 0.6) is 0 Å². The topological polar surface area (TPSA) is 37.6 Å². The van der Waals surface area contributed by atoms with Crippen LogP contribution in [0.15, 0.2) is 47.1 Å². The Labute approximate surface area is 161 Å². The highest BCUT2D eigenvalue weighted by Crippen LogP contribution is 2.39. The first-order valence-electron chi connectivity index (χ1n) is 8.40. The van der Waals surface area contributed by atoms with Crippen molar-refractivity contribution in [2.75, 3.05) is 6.54 Å². The second-order valence-corrected chi connectivity index (χ2v) is 7.46. The van der Waals surface area contributed by atoms with Crippen LogP contribution in [0.2, 0.25) is 0 Å². The Kier molecular flexibility index (Phi) is 4.25. The number of hydrogen-bond acceptors (Lipinski definition) is 2. The van der Waals surface area contributed by atoms with Crippen LogP contribution in [0, 0.1) is 0 Å². The van der Waals surface area contributed by atoms with Crippen molar-refractivity contribution in [3.63, 3.8) is 0 Å². The molecule has 0 radical (unpaired) electrons. The maximum absolute atomic E-state index is 13.3. The van der Waals surface area contributed by atoms with Gasteiger partial charge in [-0.1, -0.05) is 12.1 Å². The van der Waals surface area contributed by atoms with E-state index in [1.165, 1.54) is 6.07 Å². The van der Waals surface area contributed by atoms with Crippen LogP contribution in [0.1, 0.15) is 40.1 Å². The summed E-state index contributed by atoms with van der Waals surface area (Å²) in [5.41, 5.74) is 1.24. The van der Waals surface area contributed by atoms with E-state index in [0.29, 0.717) is 5.56 Å². The van der Waals surface area contributed by atoms with E-state index < -0.39 is 17.8 Å².